The van der Waals surface area contributed by atoms with E-state index in [1.807, 2.05) is 0 Å². The van der Waals surface area contributed by atoms with Crippen molar-refractivity contribution < 1.29 is 22.7 Å². The maximum absolute atomic E-state index is 13.5. The van der Waals surface area contributed by atoms with E-state index >= 15 is 0 Å². The summed E-state index contributed by atoms with van der Waals surface area (Å²) in [5.74, 6) is 0.693. The number of rotatable bonds is 9. The van der Waals surface area contributed by atoms with Crippen LogP contribution in [-0.4, -0.2) is 43.5 Å². The minimum absolute atomic E-state index is 0.0350. The van der Waals surface area contributed by atoms with Gasteiger partial charge in [-0.15, -0.1) is 0 Å². The molecular formula is C28H23ClN6O5S. The maximum atomic E-state index is 13.5. The lowest BCUT2D eigenvalue weighted by Gasteiger charge is -2.15. The molecule has 0 saturated carbocycles. The van der Waals surface area contributed by atoms with Crippen molar-refractivity contribution in [2.75, 3.05) is 29.6 Å². The van der Waals surface area contributed by atoms with Gasteiger partial charge in [-0.1, -0.05) is 29.8 Å². The number of para-hydroxylation sites is 2. The van der Waals surface area contributed by atoms with Gasteiger partial charge < -0.3 is 20.1 Å². The monoisotopic (exact) mass is 590 g/mol. The summed E-state index contributed by atoms with van der Waals surface area (Å²) in [6, 6.07) is 21.0. The van der Waals surface area contributed by atoms with Crippen molar-refractivity contribution in [3.63, 3.8) is 0 Å². The number of amides is 1. The fourth-order valence-corrected chi connectivity index (χ4v) is 4.98. The zero-order valence-electron chi connectivity index (χ0n) is 21.8. The Balaban J connectivity index is 1.46. The predicted octanol–water partition coefficient (Wildman–Crippen LogP) is 5.49. The highest BCUT2D eigenvalue weighted by molar-refractivity contribution is 7.92. The van der Waals surface area contributed by atoms with Gasteiger partial charge in [0.2, 0.25) is 0 Å². The molecule has 0 saturated heterocycles. The van der Waals surface area contributed by atoms with Crippen LogP contribution < -0.4 is 24.8 Å². The van der Waals surface area contributed by atoms with Gasteiger partial charge in [0.1, 0.15) is 16.7 Å². The van der Waals surface area contributed by atoms with Crippen molar-refractivity contribution in [3.8, 4) is 11.5 Å². The molecule has 3 aromatic carbocycles. The van der Waals surface area contributed by atoms with Crippen molar-refractivity contribution in [2.45, 2.75) is 4.90 Å². The van der Waals surface area contributed by atoms with E-state index in [1.54, 1.807) is 48.5 Å². The third-order valence-corrected chi connectivity index (χ3v) is 7.37. The van der Waals surface area contributed by atoms with Crippen LogP contribution >= 0.6 is 11.6 Å². The van der Waals surface area contributed by atoms with Gasteiger partial charge >= 0.3 is 0 Å². The smallest absolute Gasteiger partial charge is 0.263 e. The highest BCUT2D eigenvalue weighted by atomic mass is 35.5. The number of halogens is 1. The van der Waals surface area contributed by atoms with Gasteiger partial charge in [-0.2, -0.15) is 0 Å². The number of anilines is 4. The Morgan fingerprint density at radius 1 is 0.805 bits per heavy atom. The van der Waals surface area contributed by atoms with Crippen LogP contribution in [0.3, 0.4) is 0 Å². The number of aromatic nitrogens is 3. The molecule has 11 nitrogen and oxygen atoms in total. The van der Waals surface area contributed by atoms with E-state index in [1.165, 1.54) is 50.7 Å². The molecule has 5 aromatic rings. The minimum atomic E-state index is -4.17. The number of carbonyl (C=O) groups is 1. The topological polar surface area (TPSA) is 144 Å². The molecule has 0 aliphatic carbocycles. The Morgan fingerprint density at radius 2 is 1.49 bits per heavy atom. The maximum Gasteiger partial charge on any atom is 0.263 e. The predicted molar refractivity (Wildman–Crippen MR) is 157 cm³/mol. The lowest BCUT2D eigenvalue weighted by Crippen LogP contribution is -2.17. The number of nitrogens with zero attached hydrogens (tertiary/aromatic N) is 3. The van der Waals surface area contributed by atoms with Crippen molar-refractivity contribution in [1.29, 1.82) is 0 Å². The van der Waals surface area contributed by atoms with E-state index < -0.39 is 15.9 Å². The molecule has 0 aliphatic rings. The molecule has 0 unspecified atom stereocenters. The number of hydrogen-bond acceptors (Lipinski definition) is 9. The molecule has 208 valence electrons. The van der Waals surface area contributed by atoms with Crippen LogP contribution in [0, 0.1) is 0 Å². The summed E-state index contributed by atoms with van der Waals surface area (Å²) in [5, 5.41) is 6.03. The van der Waals surface area contributed by atoms with Crippen LogP contribution in [0.5, 0.6) is 11.5 Å². The Hall–Kier alpha value is -4.94. The van der Waals surface area contributed by atoms with Gasteiger partial charge in [-0.05, 0) is 42.5 Å². The van der Waals surface area contributed by atoms with Gasteiger partial charge in [0.25, 0.3) is 15.9 Å². The number of benzene rings is 3. The number of ether oxygens (including phenoxy) is 2. The molecule has 2 aromatic heterocycles. The number of nitrogens with one attached hydrogen (secondary N) is 3. The van der Waals surface area contributed by atoms with Gasteiger partial charge in [-0.25, -0.2) is 23.4 Å². The van der Waals surface area contributed by atoms with Crippen LogP contribution in [0.25, 0.3) is 11.0 Å². The Kier molecular flexibility index (Phi) is 7.86. The van der Waals surface area contributed by atoms with Crippen LogP contribution in [0.4, 0.5) is 23.0 Å². The van der Waals surface area contributed by atoms with Gasteiger partial charge in [-0.3, -0.25) is 9.52 Å². The minimum Gasteiger partial charge on any atom is -0.497 e. The van der Waals surface area contributed by atoms with Crippen molar-refractivity contribution in [3.05, 3.63) is 95.8 Å². The van der Waals surface area contributed by atoms with E-state index in [0.717, 1.165) is 0 Å². The molecule has 2 heterocycles. The third kappa shape index (κ3) is 6.45. The summed E-state index contributed by atoms with van der Waals surface area (Å²) in [5.41, 5.74) is 2.09. The zero-order valence-corrected chi connectivity index (χ0v) is 23.3. The first kappa shape index (κ1) is 27.6. The van der Waals surface area contributed by atoms with E-state index in [4.69, 9.17) is 21.1 Å². The van der Waals surface area contributed by atoms with E-state index in [-0.39, 0.29) is 32.9 Å². The molecule has 0 aliphatic heterocycles. The fourth-order valence-electron chi connectivity index (χ4n) is 3.82. The van der Waals surface area contributed by atoms with Crippen LogP contribution in [0.1, 0.15) is 10.4 Å². The summed E-state index contributed by atoms with van der Waals surface area (Å²) in [4.78, 5) is 25.5. The van der Waals surface area contributed by atoms with Crippen LogP contribution in [0.2, 0.25) is 5.15 Å². The number of sulfonamides is 1. The van der Waals surface area contributed by atoms with Gasteiger partial charge in [0.15, 0.2) is 11.6 Å². The van der Waals surface area contributed by atoms with E-state index in [9.17, 15) is 13.2 Å². The summed E-state index contributed by atoms with van der Waals surface area (Å²) in [6.07, 6.45) is 1.32. The molecule has 13 heteroatoms. The molecule has 0 fully saturated rings. The molecule has 0 bridgehead atoms. The first-order valence-corrected chi connectivity index (χ1v) is 13.9. The molecular weight excluding hydrogens is 568 g/mol. The average Bonchev–Trinajstić information content (AvgIpc) is 2.97. The summed E-state index contributed by atoms with van der Waals surface area (Å²) in [6.45, 7) is 0. The van der Waals surface area contributed by atoms with E-state index in [2.05, 4.69) is 30.3 Å². The standard InChI is InChI=1S/C28H23ClN6O5S/c1-39-20-12-19(13-21(15-20)40-2)31-26-27(34-24-9-4-3-8-23(24)33-26)35-41(37,38)22-7-5-6-18(14-22)32-28(36)17-10-11-25(29)30-16-17/h3-16H,1-2H3,(H,31,33)(H,32,36)(H,34,35). The average molecular weight is 591 g/mol. The molecule has 0 spiro atoms. The Labute approximate surface area is 240 Å². The summed E-state index contributed by atoms with van der Waals surface area (Å²) < 4.78 is 40.2. The number of hydrogen-bond donors (Lipinski definition) is 3. The first-order valence-electron chi connectivity index (χ1n) is 12.1. The van der Waals surface area contributed by atoms with Crippen molar-refractivity contribution >= 4 is 61.6 Å². The van der Waals surface area contributed by atoms with Crippen molar-refractivity contribution in [2.24, 2.45) is 0 Å². The van der Waals surface area contributed by atoms with Gasteiger partial charge in [0.05, 0.1) is 35.7 Å². The van der Waals surface area contributed by atoms with Crippen molar-refractivity contribution in [1.82, 2.24) is 15.0 Å². The molecule has 1 amide bonds. The second-order valence-electron chi connectivity index (χ2n) is 8.59. The zero-order chi connectivity index (χ0) is 29.0. The molecule has 0 atom stereocenters. The molecule has 0 radical (unpaired) electrons. The third-order valence-electron chi connectivity index (χ3n) is 5.81. The lowest BCUT2D eigenvalue weighted by molar-refractivity contribution is 0.102. The number of pyridine rings is 1. The molecule has 5 rings (SSSR count). The van der Waals surface area contributed by atoms with Crippen LogP contribution in [-0.2, 0) is 10.0 Å². The second-order valence-corrected chi connectivity index (χ2v) is 10.7. The largest absolute Gasteiger partial charge is 0.497 e. The SMILES string of the molecule is COc1cc(Nc2nc3ccccc3nc2NS(=O)(=O)c2cccc(NC(=O)c3ccc(Cl)nc3)c2)cc(OC)c1. The second kappa shape index (κ2) is 11.7. The number of carbonyl (C=O) groups excluding carboxylic acids is 1. The normalized spacial score (nSPS) is 11.1. The fraction of sp³-hybridized carbons (Fsp3) is 0.0714. The highest BCUT2D eigenvalue weighted by Gasteiger charge is 2.20. The molecule has 3 N–H and O–H groups in total. The Morgan fingerprint density at radius 3 is 2.12 bits per heavy atom. The molecule has 41 heavy (non-hydrogen) atoms. The number of methoxy groups -OCH3 is 2. The van der Waals surface area contributed by atoms with Crippen LogP contribution in [0.15, 0.2) is 90.0 Å². The Bertz CT molecular complexity index is 1830. The highest BCUT2D eigenvalue weighted by Crippen LogP contribution is 2.31. The lowest BCUT2D eigenvalue weighted by atomic mass is 10.2. The number of fused-ring (bicyclic) bond motifs is 1. The quantitative estimate of drug-likeness (QED) is 0.190. The first-order chi connectivity index (χ1) is 19.7. The van der Waals surface area contributed by atoms with E-state index in [0.29, 0.717) is 28.2 Å². The summed E-state index contributed by atoms with van der Waals surface area (Å²) in [7, 11) is -1.12. The van der Waals surface area contributed by atoms with Gasteiger partial charge in [0, 0.05) is 35.8 Å². The summed E-state index contributed by atoms with van der Waals surface area (Å²) >= 11 is 5.79.